The molecule has 1 saturated carbocycles. The summed E-state index contributed by atoms with van der Waals surface area (Å²) in [5.74, 6) is -0.320. The molecule has 0 spiro atoms. The van der Waals surface area contributed by atoms with E-state index in [4.69, 9.17) is 0 Å². The van der Waals surface area contributed by atoms with Crippen LogP contribution < -0.4 is 5.32 Å². The Bertz CT molecular complexity index is 317. The molecule has 110 valence electrons. The summed E-state index contributed by atoms with van der Waals surface area (Å²) in [6.45, 7) is 6.85. The quantitative estimate of drug-likeness (QED) is 0.708. The lowest BCUT2D eigenvalue weighted by molar-refractivity contribution is -0.147. The van der Waals surface area contributed by atoms with E-state index in [2.05, 4.69) is 24.1 Å². The number of nitrogens with one attached hydrogen (secondary N) is 1. The lowest BCUT2D eigenvalue weighted by atomic mass is 9.91. The third kappa shape index (κ3) is 3.11. The van der Waals surface area contributed by atoms with Crippen LogP contribution in [0.1, 0.15) is 52.4 Å². The van der Waals surface area contributed by atoms with Gasteiger partial charge in [0.15, 0.2) is 0 Å². The molecule has 2 aliphatic rings. The summed E-state index contributed by atoms with van der Waals surface area (Å²) in [7, 11) is 0. The molecule has 2 fully saturated rings. The molecule has 4 nitrogen and oxygen atoms in total. The molecule has 1 heterocycles. The van der Waals surface area contributed by atoms with Crippen molar-refractivity contribution in [1.29, 1.82) is 0 Å². The Hall–Kier alpha value is -0.610. The maximum atomic E-state index is 11.9. The van der Waals surface area contributed by atoms with E-state index in [9.17, 15) is 9.90 Å². The smallest absolute Gasteiger partial charge is 0.325 e. The van der Waals surface area contributed by atoms with Crippen molar-refractivity contribution in [2.45, 2.75) is 64.0 Å². The second-order valence-corrected chi connectivity index (χ2v) is 6.15. The summed E-state index contributed by atoms with van der Waals surface area (Å²) >= 11 is 0. The van der Waals surface area contributed by atoms with Crippen LogP contribution in [0.15, 0.2) is 0 Å². The maximum Gasteiger partial charge on any atom is 0.325 e. The van der Waals surface area contributed by atoms with E-state index in [1.54, 1.807) is 0 Å². The summed E-state index contributed by atoms with van der Waals surface area (Å²) in [6, 6.07) is 0.584. The van der Waals surface area contributed by atoms with Crippen molar-refractivity contribution in [2.75, 3.05) is 19.6 Å². The average molecular weight is 268 g/mol. The van der Waals surface area contributed by atoms with Gasteiger partial charge in [-0.25, -0.2) is 0 Å². The number of carboxylic acids is 1. The number of carbonyl (C=O) groups is 1. The summed E-state index contributed by atoms with van der Waals surface area (Å²) in [5.41, 5.74) is -0.701. The summed E-state index contributed by atoms with van der Waals surface area (Å²) < 4.78 is 0. The molecule has 0 radical (unpaired) electrons. The fraction of sp³-hybridized carbons (Fsp3) is 0.933. The highest BCUT2D eigenvalue weighted by molar-refractivity contribution is 5.80. The first kappa shape index (κ1) is 14.8. The fourth-order valence-electron chi connectivity index (χ4n) is 3.46. The second-order valence-electron chi connectivity index (χ2n) is 6.15. The topological polar surface area (TPSA) is 52.6 Å². The van der Waals surface area contributed by atoms with Gasteiger partial charge in [-0.3, -0.25) is 9.69 Å². The minimum absolute atomic E-state index is 0.328. The molecule has 1 aliphatic carbocycles. The van der Waals surface area contributed by atoms with Gasteiger partial charge < -0.3 is 10.4 Å². The van der Waals surface area contributed by atoms with Gasteiger partial charge in [0.2, 0.25) is 0 Å². The minimum Gasteiger partial charge on any atom is -0.480 e. The van der Waals surface area contributed by atoms with Crippen LogP contribution >= 0.6 is 0 Å². The standard InChI is InChI=1S/C15H28N2O2/c1-3-9-16-15(14(18)19,12-7-8-12)11-17-10-5-6-13(17)4-2/h12-13,16H,3-11H2,1-2H3,(H,18,19). The molecule has 0 amide bonds. The number of nitrogens with zero attached hydrogens (tertiary/aromatic N) is 1. The minimum atomic E-state index is -0.701. The van der Waals surface area contributed by atoms with Crippen LogP contribution in [0.5, 0.6) is 0 Å². The van der Waals surface area contributed by atoms with Crippen molar-refractivity contribution in [3.63, 3.8) is 0 Å². The van der Waals surface area contributed by atoms with Gasteiger partial charge in [0, 0.05) is 12.6 Å². The van der Waals surface area contributed by atoms with E-state index in [-0.39, 0.29) is 0 Å². The van der Waals surface area contributed by atoms with E-state index < -0.39 is 11.5 Å². The Balaban J connectivity index is 2.09. The number of hydrogen-bond acceptors (Lipinski definition) is 3. The second kappa shape index (κ2) is 6.23. The zero-order chi connectivity index (χ0) is 13.9. The molecule has 1 saturated heterocycles. The zero-order valence-electron chi connectivity index (χ0n) is 12.3. The van der Waals surface area contributed by atoms with E-state index in [1.165, 1.54) is 12.8 Å². The molecule has 1 aliphatic heterocycles. The lowest BCUT2D eigenvalue weighted by Gasteiger charge is -2.37. The molecule has 0 aromatic heterocycles. The third-order valence-corrected chi connectivity index (χ3v) is 4.77. The first-order valence-corrected chi connectivity index (χ1v) is 7.86. The molecular formula is C15H28N2O2. The first-order valence-electron chi connectivity index (χ1n) is 7.86. The highest BCUT2D eigenvalue weighted by atomic mass is 16.4. The van der Waals surface area contributed by atoms with Gasteiger partial charge in [-0.1, -0.05) is 13.8 Å². The van der Waals surface area contributed by atoms with Crippen molar-refractivity contribution in [1.82, 2.24) is 10.2 Å². The van der Waals surface area contributed by atoms with Crippen LogP contribution in [0, 0.1) is 5.92 Å². The molecule has 19 heavy (non-hydrogen) atoms. The number of likely N-dealkylation sites (tertiary alicyclic amines) is 1. The van der Waals surface area contributed by atoms with Crippen molar-refractivity contribution >= 4 is 5.97 Å². The Morgan fingerprint density at radius 3 is 2.63 bits per heavy atom. The van der Waals surface area contributed by atoms with Crippen molar-refractivity contribution in [2.24, 2.45) is 5.92 Å². The number of carboxylic acid groups (broad SMARTS) is 1. The number of rotatable bonds is 8. The maximum absolute atomic E-state index is 11.9. The van der Waals surface area contributed by atoms with Gasteiger partial charge in [0.25, 0.3) is 0 Å². The number of hydrogen-bond donors (Lipinski definition) is 2. The van der Waals surface area contributed by atoms with Gasteiger partial charge in [-0.15, -0.1) is 0 Å². The van der Waals surface area contributed by atoms with E-state index in [1.807, 2.05) is 0 Å². The molecular weight excluding hydrogens is 240 g/mol. The Morgan fingerprint density at radius 2 is 2.11 bits per heavy atom. The predicted octanol–water partition coefficient (Wildman–Crippen LogP) is 2.09. The normalized spacial score (nSPS) is 27.4. The molecule has 4 heteroatoms. The molecule has 0 bridgehead atoms. The monoisotopic (exact) mass is 268 g/mol. The number of aliphatic carboxylic acids is 1. The fourth-order valence-corrected chi connectivity index (χ4v) is 3.46. The van der Waals surface area contributed by atoms with E-state index in [0.717, 1.165) is 38.8 Å². The molecule has 0 aromatic rings. The van der Waals surface area contributed by atoms with Crippen molar-refractivity contribution in [3.8, 4) is 0 Å². The molecule has 0 aromatic carbocycles. The SMILES string of the molecule is CCCNC(CN1CCCC1CC)(C(=O)O)C1CC1. The van der Waals surface area contributed by atoms with Gasteiger partial charge >= 0.3 is 5.97 Å². The van der Waals surface area contributed by atoms with Crippen LogP contribution in [-0.4, -0.2) is 47.2 Å². The summed E-state index contributed by atoms with van der Waals surface area (Å²) in [6.07, 6.45) is 6.69. The first-order chi connectivity index (χ1) is 9.14. The van der Waals surface area contributed by atoms with Crippen LogP contribution in [0.4, 0.5) is 0 Å². The molecule has 2 unspecified atom stereocenters. The lowest BCUT2D eigenvalue weighted by Crippen LogP contribution is -2.61. The third-order valence-electron chi connectivity index (χ3n) is 4.77. The highest BCUT2D eigenvalue weighted by Crippen LogP contribution is 2.41. The van der Waals surface area contributed by atoms with Gasteiger partial charge in [0.1, 0.15) is 5.54 Å². The van der Waals surface area contributed by atoms with Crippen LogP contribution in [0.25, 0.3) is 0 Å². The summed E-state index contributed by atoms with van der Waals surface area (Å²) in [4.78, 5) is 14.3. The van der Waals surface area contributed by atoms with E-state index >= 15 is 0 Å². The Labute approximate surface area is 116 Å². The van der Waals surface area contributed by atoms with E-state index in [0.29, 0.717) is 18.5 Å². The van der Waals surface area contributed by atoms with Crippen LogP contribution in [0.2, 0.25) is 0 Å². The van der Waals surface area contributed by atoms with Gasteiger partial charge in [-0.2, -0.15) is 0 Å². The van der Waals surface area contributed by atoms with Gasteiger partial charge in [0.05, 0.1) is 0 Å². The van der Waals surface area contributed by atoms with Gasteiger partial charge in [-0.05, 0) is 57.5 Å². The van der Waals surface area contributed by atoms with Crippen LogP contribution in [-0.2, 0) is 4.79 Å². The zero-order valence-corrected chi connectivity index (χ0v) is 12.3. The molecule has 2 N–H and O–H groups in total. The Kier molecular flexibility index (Phi) is 4.85. The molecule has 2 atom stereocenters. The summed E-state index contributed by atoms with van der Waals surface area (Å²) in [5, 5.41) is 13.2. The highest BCUT2D eigenvalue weighted by Gasteiger charge is 2.52. The molecule has 2 rings (SSSR count). The largest absolute Gasteiger partial charge is 0.480 e. The van der Waals surface area contributed by atoms with Crippen LogP contribution in [0.3, 0.4) is 0 Å². The van der Waals surface area contributed by atoms with Crippen molar-refractivity contribution < 1.29 is 9.90 Å². The Morgan fingerprint density at radius 1 is 1.37 bits per heavy atom. The predicted molar refractivity (Wildman–Crippen MR) is 76.3 cm³/mol. The average Bonchev–Trinajstić information content (AvgIpc) is 3.15. The van der Waals surface area contributed by atoms with Crippen molar-refractivity contribution in [3.05, 3.63) is 0 Å².